The van der Waals surface area contributed by atoms with E-state index in [0.717, 1.165) is 5.56 Å². The first kappa shape index (κ1) is 21.3. The van der Waals surface area contributed by atoms with Crippen LogP contribution in [0, 0.1) is 0 Å². The van der Waals surface area contributed by atoms with Crippen molar-refractivity contribution in [2.45, 2.75) is 17.4 Å². The predicted molar refractivity (Wildman–Crippen MR) is 116 cm³/mol. The Labute approximate surface area is 179 Å². The molecule has 8 heteroatoms. The number of hydrogen-bond acceptors (Lipinski definition) is 3. The summed E-state index contributed by atoms with van der Waals surface area (Å²) in [6.07, 6.45) is 0.164. The second-order valence-corrected chi connectivity index (χ2v) is 8.77. The minimum atomic E-state index is -3.91. The molecule has 2 N–H and O–H groups in total. The average Bonchev–Trinajstić information content (AvgIpc) is 2.72. The van der Waals surface area contributed by atoms with Gasteiger partial charge in [-0.05, 0) is 36.2 Å². The molecular formula is C21H18Cl2N2O3S. The summed E-state index contributed by atoms with van der Waals surface area (Å²) in [6, 6.07) is 20.8. The lowest BCUT2D eigenvalue weighted by Gasteiger charge is -2.19. The van der Waals surface area contributed by atoms with E-state index in [2.05, 4.69) is 10.0 Å². The van der Waals surface area contributed by atoms with Crippen molar-refractivity contribution >= 4 is 44.8 Å². The van der Waals surface area contributed by atoms with Crippen molar-refractivity contribution in [2.75, 3.05) is 5.32 Å². The van der Waals surface area contributed by atoms with Gasteiger partial charge in [0.25, 0.3) is 0 Å². The Kier molecular flexibility index (Phi) is 6.92. The van der Waals surface area contributed by atoms with E-state index < -0.39 is 22.0 Å². The van der Waals surface area contributed by atoms with Crippen molar-refractivity contribution < 1.29 is 13.2 Å². The lowest BCUT2D eigenvalue weighted by atomic mass is 10.1. The van der Waals surface area contributed by atoms with Gasteiger partial charge in [0.05, 0.1) is 20.6 Å². The molecule has 3 aromatic rings. The number of sulfonamides is 1. The Hall–Kier alpha value is -2.38. The summed E-state index contributed by atoms with van der Waals surface area (Å²) in [5.74, 6) is -0.544. The van der Waals surface area contributed by atoms with Gasteiger partial charge in [0.15, 0.2) is 0 Å². The number of anilines is 1. The number of nitrogens with one attached hydrogen (secondary N) is 2. The third-order valence-electron chi connectivity index (χ3n) is 4.16. The molecule has 0 aliphatic heterocycles. The molecule has 0 aromatic heterocycles. The topological polar surface area (TPSA) is 75.3 Å². The van der Waals surface area contributed by atoms with Crippen molar-refractivity contribution in [3.05, 3.63) is 94.5 Å². The molecular weight excluding hydrogens is 431 g/mol. The van der Waals surface area contributed by atoms with Gasteiger partial charge >= 0.3 is 0 Å². The fourth-order valence-corrected chi connectivity index (χ4v) is 4.28. The second kappa shape index (κ2) is 9.41. The number of amides is 1. The van der Waals surface area contributed by atoms with Gasteiger partial charge in [-0.3, -0.25) is 4.79 Å². The lowest BCUT2D eigenvalue weighted by Crippen LogP contribution is -2.45. The molecule has 0 aliphatic rings. The average molecular weight is 449 g/mol. The van der Waals surface area contributed by atoms with E-state index in [-0.39, 0.29) is 21.4 Å². The van der Waals surface area contributed by atoms with E-state index in [9.17, 15) is 13.2 Å². The molecule has 1 atom stereocenters. The number of hydrogen-bond donors (Lipinski definition) is 2. The van der Waals surface area contributed by atoms with E-state index in [0.29, 0.717) is 5.69 Å². The number of benzene rings is 3. The van der Waals surface area contributed by atoms with Gasteiger partial charge in [-0.25, -0.2) is 8.42 Å². The summed E-state index contributed by atoms with van der Waals surface area (Å²) in [5.41, 5.74) is 1.11. The minimum Gasteiger partial charge on any atom is -0.323 e. The molecule has 0 fully saturated rings. The van der Waals surface area contributed by atoms with E-state index in [1.54, 1.807) is 36.4 Å². The van der Waals surface area contributed by atoms with Crippen LogP contribution < -0.4 is 10.0 Å². The van der Waals surface area contributed by atoms with Gasteiger partial charge < -0.3 is 5.32 Å². The standard InChI is InChI=1S/C21H18Cl2N2O3S/c22-17-12-7-13-18(20(17)23)24-21(26)19(14-15-8-3-1-4-9-15)25-29(27,28)16-10-5-2-6-11-16/h1-13,19,25H,14H2,(H,24,26)/t19-/m1/s1. The Morgan fingerprint density at radius 2 is 1.48 bits per heavy atom. The molecule has 3 rings (SSSR count). The van der Waals surface area contributed by atoms with Crippen molar-refractivity contribution in [1.29, 1.82) is 0 Å². The summed E-state index contributed by atoms with van der Waals surface area (Å²) in [7, 11) is -3.91. The Bertz CT molecular complexity index is 1090. The zero-order chi connectivity index (χ0) is 20.9. The highest BCUT2D eigenvalue weighted by Gasteiger charge is 2.26. The van der Waals surface area contributed by atoms with Gasteiger partial charge in [0.1, 0.15) is 6.04 Å². The first-order valence-electron chi connectivity index (χ1n) is 8.73. The van der Waals surface area contributed by atoms with Gasteiger partial charge in [0.2, 0.25) is 15.9 Å². The van der Waals surface area contributed by atoms with Crippen molar-refractivity contribution in [3.8, 4) is 0 Å². The molecule has 3 aromatic carbocycles. The van der Waals surface area contributed by atoms with Crippen LogP contribution in [-0.4, -0.2) is 20.4 Å². The predicted octanol–water partition coefficient (Wildman–Crippen LogP) is 4.52. The monoisotopic (exact) mass is 448 g/mol. The number of halogens is 2. The molecule has 0 aliphatic carbocycles. The summed E-state index contributed by atoms with van der Waals surface area (Å²) < 4.78 is 28.0. The maximum absolute atomic E-state index is 12.9. The van der Waals surface area contributed by atoms with Crippen LogP contribution in [0.25, 0.3) is 0 Å². The molecule has 29 heavy (non-hydrogen) atoms. The Balaban J connectivity index is 1.88. The van der Waals surface area contributed by atoms with Crippen LogP contribution in [0.2, 0.25) is 10.0 Å². The highest BCUT2D eigenvalue weighted by Crippen LogP contribution is 2.29. The third kappa shape index (κ3) is 5.58. The van der Waals surface area contributed by atoms with E-state index in [4.69, 9.17) is 23.2 Å². The molecule has 5 nitrogen and oxygen atoms in total. The summed E-state index contributed by atoms with van der Waals surface area (Å²) in [4.78, 5) is 13.0. The summed E-state index contributed by atoms with van der Waals surface area (Å²) in [5, 5.41) is 3.14. The first-order valence-corrected chi connectivity index (χ1v) is 11.0. The molecule has 0 spiro atoms. The molecule has 0 unspecified atom stereocenters. The number of carbonyl (C=O) groups is 1. The van der Waals surface area contributed by atoms with Gasteiger partial charge in [0, 0.05) is 0 Å². The summed E-state index contributed by atoms with van der Waals surface area (Å²) in [6.45, 7) is 0. The molecule has 1 amide bonds. The van der Waals surface area contributed by atoms with Crippen LogP contribution in [0.1, 0.15) is 5.56 Å². The van der Waals surface area contributed by atoms with Crippen LogP contribution in [0.3, 0.4) is 0 Å². The highest BCUT2D eigenvalue weighted by atomic mass is 35.5. The molecule has 0 heterocycles. The number of rotatable bonds is 7. The minimum absolute atomic E-state index is 0.0756. The van der Waals surface area contributed by atoms with Gasteiger partial charge in [-0.2, -0.15) is 4.72 Å². The molecule has 150 valence electrons. The van der Waals surface area contributed by atoms with Crippen LogP contribution in [0.5, 0.6) is 0 Å². The normalized spacial score (nSPS) is 12.3. The van der Waals surface area contributed by atoms with Crippen molar-refractivity contribution in [1.82, 2.24) is 4.72 Å². The van der Waals surface area contributed by atoms with Crippen LogP contribution in [0.4, 0.5) is 5.69 Å². The van der Waals surface area contributed by atoms with Crippen LogP contribution >= 0.6 is 23.2 Å². The SMILES string of the molecule is O=C(Nc1cccc(Cl)c1Cl)[C@@H](Cc1ccccc1)NS(=O)(=O)c1ccccc1. The van der Waals surface area contributed by atoms with Crippen molar-refractivity contribution in [2.24, 2.45) is 0 Å². The van der Waals surface area contributed by atoms with Crippen molar-refractivity contribution in [3.63, 3.8) is 0 Å². The largest absolute Gasteiger partial charge is 0.323 e. The highest BCUT2D eigenvalue weighted by molar-refractivity contribution is 7.89. The molecule has 0 radical (unpaired) electrons. The van der Waals surface area contributed by atoms with E-state index >= 15 is 0 Å². The quantitative estimate of drug-likeness (QED) is 0.557. The smallest absolute Gasteiger partial charge is 0.242 e. The fraction of sp³-hybridized carbons (Fsp3) is 0.0952. The zero-order valence-electron chi connectivity index (χ0n) is 15.2. The van der Waals surface area contributed by atoms with Crippen LogP contribution in [-0.2, 0) is 21.2 Å². The van der Waals surface area contributed by atoms with E-state index in [1.807, 2.05) is 30.3 Å². The molecule has 0 saturated heterocycles. The maximum atomic E-state index is 12.9. The number of carbonyl (C=O) groups excluding carboxylic acids is 1. The Morgan fingerprint density at radius 3 is 2.14 bits per heavy atom. The third-order valence-corrected chi connectivity index (χ3v) is 6.47. The fourth-order valence-electron chi connectivity index (χ4n) is 2.71. The first-order chi connectivity index (χ1) is 13.9. The van der Waals surface area contributed by atoms with Gasteiger partial charge in [-0.15, -0.1) is 0 Å². The van der Waals surface area contributed by atoms with Gasteiger partial charge in [-0.1, -0.05) is 77.8 Å². The van der Waals surface area contributed by atoms with Crippen LogP contribution in [0.15, 0.2) is 83.8 Å². The summed E-state index contributed by atoms with van der Waals surface area (Å²) >= 11 is 12.1. The second-order valence-electron chi connectivity index (χ2n) is 6.27. The van der Waals surface area contributed by atoms with E-state index in [1.165, 1.54) is 12.1 Å². The zero-order valence-corrected chi connectivity index (χ0v) is 17.5. The molecule has 0 saturated carbocycles. The lowest BCUT2D eigenvalue weighted by molar-refractivity contribution is -0.117. The maximum Gasteiger partial charge on any atom is 0.242 e. The molecule has 0 bridgehead atoms. The Morgan fingerprint density at radius 1 is 0.862 bits per heavy atom.